The van der Waals surface area contributed by atoms with Crippen molar-refractivity contribution in [3.05, 3.63) is 42.2 Å². The fraction of sp³-hybridized carbons (Fsp3) is 0.440. The van der Waals surface area contributed by atoms with Gasteiger partial charge in [-0.25, -0.2) is 9.78 Å². The lowest BCUT2D eigenvalue weighted by Crippen LogP contribution is -2.55. The topological polar surface area (TPSA) is 268 Å². The number of H-pyrrole nitrogens is 1. The van der Waals surface area contributed by atoms with Gasteiger partial charge in [0.25, 0.3) is 0 Å². The molecule has 1 heterocycles. The number of methoxy groups -OCH3 is 1. The molecule has 2 aromatic rings. The molecular weight excluding hydrogens is 518 g/mol. The number of imidazole rings is 1. The van der Waals surface area contributed by atoms with Crippen LogP contribution in [0.4, 0.5) is 0 Å². The van der Waals surface area contributed by atoms with Gasteiger partial charge in [-0.15, -0.1) is 0 Å². The number of carbonyl (C=O) groups excluding carboxylic acids is 3. The Labute approximate surface area is 232 Å². The number of nitrogens with one attached hydrogen (secondary N) is 3. The van der Waals surface area contributed by atoms with E-state index < -0.39 is 35.9 Å². The van der Waals surface area contributed by atoms with E-state index in [0.717, 1.165) is 5.56 Å². The molecule has 0 unspecified atom stereocenters. The molecule has 15 heteroatoms. The van der Waals surface area contributed by atoms with Crippen LogP contribution in [0.15, 0.2) is 46.5 Å². The summed E-state index contributed by atoms with van der Waals surface area (Å²) in [6, 6.07) is 6.44. The van der Waals surface area contributed by atoms with Crippen LogP contribution < -0.4 is 39.3 Å². The highest BCUT2D eigenvalue weighted by atomic mass is 16.5. The van der Waals surface area contributed by atoms with Crippen LogP contribution in [0.2, 0.25) is 0 Å². The minimum atomic E-state index is -1.08. The Bertz CT molecular complexity index is 1160. The predicted molar refractivity (Wildman–Crippen MR) is 151 cm³/mol. The Hall–Kier alpha value is -4.66. The van der Waals surface area contributed by atoms with Gasteiger partial charge in [0.05, 0.1) is 13.2 Å². The number of aromatic amines is 1. The van der Waals surface area contributed by atoms with Crippen molar-refractivity contribution < 1.29 is 19.1 Å². The van der Waals surface area contributed by atoms with Gasteiger partial charge >= 0.3 is 5.97 Å². The number of esters is 1. The molecule has 13 N–H and O–H groups in total. The van der Waals surface area contributed by atoms with Crippen molar-refractivity contribution in [2.24, 2.45) is 38.7 Å². The van der Waals surface area contributed by atoms with E-state index in [1.165, 1.54) is 7.11 Å². The van der Waals surface area contributed by atoms with Gasteiger partial charge in [0.15, 0.2) is 11.9 Å². The van der Waals surface area contributed by atoms with E-state index in [-0.39, 0.29) is 37.7 Å². The number of guanidine groups is 2. The van der Waals surface area contributed by atoms with Crippen molar-refractivity contribution in [3.8, 4) is 11.4 Å². The van der Waals surface area contributed by atoms with Gasteiger partial charge in [0.1, 0.15) is 17.9 Å². The van der Waals surface area contributed by atoms with Crippen LogP contribution in [0.25, 0.3) is 11.4 Å². The van der Waals surface area contributed by atoms with Gasteiger partial charge in [-0.2, -0.15) is 0 Å². The van der Waals surface area contributed by atoms with Crippen LogP contribution in [0.3, 0.4) is 0 Å². The molecule has 0 aliphatic carbocycles. The molecule has 0 fully saturated rings. The number of benzene rings is 1. The van der Waals surface area contributed by atoms with Gasteiger partial charge in [-0.1, -0.05) is 30.3 Å². The predicted octanol–water partition coefficient (Wildman–Crippen LogP) is -1.80. The summed E-state index contributed by atoms with van der Waals surface area (Å²) in [5.74, 6) is -1.32. The second-order valence-electron chi connectivity index (χ2n) is 8.98. The number of nitrogens with zero attached hydrogens (tertiary/aromatic N) is 3. The second kappa shape index (κ2) is 16.3. The molecule has 0 radical (unpaired) electrons. The molecule has 1 aromatic heterocycles. The molecule has 1 aromatic carbocycles. The number of aromatic nitrogens is 2. The van der Waals surface area contributed by atoms with E-state index in [9.17, 15) is 14.4 Å². The Morgan fingerprint density at radius 1 is 0.925 bits per heavy atom. The minimum Gasteiger partial charge on any atom is -0.467 e. The average molecular weight is 558 g/mol. The Morgan fingerprint density at radius 2 is 1.52 bits per heavy atom. The average Bonchev–Trinajstić information content (AvgIpc) is 3.40. The number of hydrogen-bond acceptors (Lipinski definition) is 8. The van der Waals surface area contributed by atoms with Crippen LogP contribution in [0, 0.1) is 0 Å². The summed E-state index contributed by atoms with van der Waals surface area (Å²) in [7, 11) is 1.22. The first kappa shape index (κ1) is 31.6. The van der Waals surface area contributed by atoms with Gasteiger partial charge in [-0.3, -0.25) is 19.6 Å². The van der Waals surface area contributed by atoms with E-state index >= 15 is 0 Å². The summed E-state index contributed by atoms with van der Waals surface area (Å²) in [4.78, 5) is 53.9. The maximum absolute atomic E-state index is 13.4. The Kier molecular flexibility index (Phi) is 12.9. The van der Waals surface area contributed by atoms with E-state index in [1.54, 1.807) is 6.20 Å². The smallest absolute Gasteiger partial charge is 0.328 e. The molecule has 0 aliphatic rings. The number of amides is 2. The lowest BCUT2D eigenvalue weighted by molar-refractivity contribution is -0.145. The number of carbonyl (C=O) groups is 3. The molecule has 2 amide bonds. The summed E-state index contributed by atoms with van der Waals surface area (Å²) in [5, 5.41) is 5.36. The van der Waals surface area contributed by atoms with Crippen LogP contribution in [0.5, 0.6) is 0 Å². The fourth-order valence-corrected chi connectivity index (χ4v) is 3.73. The van der Waals surface area contributed by atoms with Gasteiger partial charge in [-0.05, 0) is 25.7 Å². The SMILES string of the molecule is COC(=O)[C@H](CCCN=C(N)N)NC(=O)[C@H](Cc1cnc(-c2ccccc2)[nH]1)NC(=O)[C@@H](N)CCCN=C(N)N. The Morgan fingerprint density at radius 3 is 2.12 bits per heavy atom. The summed E-state index contributed by atoms with van der Waals surface area (Å²) in [5.41, 5.74) is 28.8. The van der Waals surface area contributed by atoms with E-state index in [1.807, 2.05) is 30.3 Å². The van der Waals surface area contributed by atoms with E-state index in [2.05, 4.69) is 30.6 Å². The zero-order valence-electron chi connectivity index (χ0n) is 22.5. The lowest BCUT2D eigenvalue weighted by atomic mass is 10.1. The molecule has 40 heavy (non-hydrogen) atoms. The third-order valence-corrected chi connectivity index (χ3v) is 5.78. The fourth-order valence-electron chi connectivity index (χ4n) is 3.73. The third-order valence-electron chi connectivity index (χ3n) is 5.78. The molecule has 0 bridgehead atoms. The Balaban J connectivity index is 2.17. The largest absolute Gasteiger partial charge is 0.467 e. The monoisotopic (exact) mass is 557 g/mol. The van der Waals surface area contributed by atoms with Gasteiger partial charge in [0.2, 0.25) is 11.8 Å². The lowest BCUT2D eigenvalue weighted by Gasteiger charge is -2.23. The standard InChI is InChI=1S/C25H39N11O4/c1-40-23(39)18(10-6-12-32-25(29)30)35-22(38)19(36-21(37)17(26)9-5-11-31-24(27)28)13-16-14-33-20(34-16)15-7-3-2-4-8-15/h2-4,7-8,14,17-19H,5-6,9-13,26H2,1H3,(H,33,34)(H,35,38)(H,36,37)(H4,27,28,31)(H4,29,30,32)/t17-,18-,19-/m0/s1. The summed E-state index contributed by atoms with van der Waals surface area (Å²) in [6.45, 7) is 0.571. The third kappa shape index (κ3) is 11.0. The quantitative estimate of drug-likeness (QED) is 0.0496. The van der Waals surface area contributed by atoms with Crippen LogP contribution in [0.1, 0.15) is 31.4 Å². The van der Waals surface area contributed by atoms with E-state index in [0.29, 0.717) is 30.9 Å². The molecular formula is C25H39N11O4. The number of nitrogens with two attached hydrogens (primary N) is 5. The van der Waals surface area contributed by atoms with Gasteiger partial charge in [0, 0.05) is 37.0 Å². The van der Waals surface area contributed by atoms with Crippen LogP contribution in [-0.2, 0) is 25.5 Å². The zero-order valence-corrected chi connectivity index (χ0v) is 22.5. The molecule has 218 valence electrons. The number of aliphatic imine (C=N–C) groups is 2. The van der Waals surface area contributed by atoms with Crippen molar-refractivity contribution in [2.75, 3.05) is 20.2 Å². The highest BCUT2D eigenvalue weighted by Gasteiger charge is 2.29. The first-order valence-electron chi connectivity index (χ1n) is 12.7. The molecule has 0 saturated carbocycles. The van der Waals surface area contributed by atoms with Crippen molar-refractivity contribution >= 4 is 29.7 Å². The highest BCUT2D eigenvalue weighted by molar-refractivity contribution is 5.92. The summed E-state index contributed by atoms with van der Waals surface area (Å²) < 4.78 is 4.84. The molecule has 15 nitrogen and oxygen atoms in total. The summed E-state index contributed by atoms with van der Waals surface area (Å²) >= 11 is 0. The molecule has 0 spiro atoms. The maximum atomic E-state index is 13.4. The number of ether oxygens (including phenoxy) is 1. The molecule has 3 atom stereocenters. The first-order chi connectivity index (χ1) is 19.1. The second-order valence-corrected chi connectivity index (χ2v) is 8.98. The number of rotatable bonds is 16. The number of hydrogen-bond donors (Lipinski definition) is 8. The first-order valence-corrected chi connectivity index (χ1v) is 12.7. The highest BCUT2D eigenvalue weighted by Crippen LogP contribution is 2.16. The van der Waals surface area contributed by atoms with Crippen LogP contribution >= 0.6 is 0 Å². The van der Waals surface area contributed by atoms with Crippen molar-refractivity contribution in [1.82, 2.24) is 20.6 Å². The molecule has 2 rings (SSSR count). The van der Waals surface area contributed by atoms with Crippen LogP contribution in [-0.4, -0.2) is 78.0 Å². The normalized spacial score (nSPS) is 12.8. The van der Waals surface area contributed by atoms with Crippen molar-refractivity contribution in [2.45, 2.75) is 50.2 Å². The molecule has 0 aliphatic heterocycles. The van der Waals surface area contributed by atoms with Gasteiger partial charge < -0.3 is 49.0 Å². The zero-order chi connectivity index (χ0) is 29.5. The van der Waals surface area contributed by atoms with Crippen molar-refractivity contribution in [1.29, 1.82) is 0 Å². The minimum absolute atomic E-state index is 0.0531. The van der Waals surface area contributed by atoms with E-state index in [4.69, 9.17) is 33.4 Å². The van der Waals surface area contributed by atoms with Crippen molar-refractivity contribution in [3.63, 3.8) is 0 Å². The maximum Gasteiger partial charge on any atom is 0.328 e. The molecule has 0 saturated heterocycles. The summed E-state index contributed by atoms with van der Waals surface area (Å²) in [6.07, 6.45) is 3.00.